The number of hydrogen-bond donors (Lipinski definition) is 3. The number of nitrogens with two attached hydrogens (primary N) is 2. The van der Waals surface area contributed by atoms with E-state index in [4.69, 9.17) is 11.5 Å². The van der Waals surface area contributed by atoms with Crippen LogP contribution in [0.3, 0.4) is 0 Å². The first-order valence-electron chi connectivity index (χ1n) is 9.76. The monoisotopic (exact) mass is 401 g/mol. The molecule has 30 heavy (non-hydrogen) atoms. The van der Waals surface area contributed by atoms with Gasteiger partial charge in [0.2, 0.25) is 5.95 Å². The molecule has 1 saturated carbocycles. The molecular formula is C23H23N5O2. The van der Waals surface area contributed by atoms with Gasteiger partial charge in [0, 0.05) is 23.5 Å². The molecule has 0 aliphatic heterocycles. The molecule has 0 radical (unpaired) electrons. The van der Waals surface area contributed by atoms with Crippen LogP contribution in [0.25, 0.3) is 11.1 Å². The van der Waals surface area contributed by atoms with E-state index in [2.05, 4.69) is 15.0 Å². The molecule has 2 aromatic carbocycles. The number of amides is 1. The number of aromatic nitrogens is 2. The maximum Gasteiger partial charge on any atom is 0.278 e. The lowest BCUT2D eigenvalue weighted by Gasteiger charge is -2.41. The number of phenolic OH excluding ortho intramolecular Hbond substituents is 1. The second kappa shape index (κ2) is 7.59. The third kappa shape index (κ3) is 3.50. The SMILES string of the molecule is Cc1cc(C(=O)N=C(N)C2(c3ccc(-c4cnc(N)nc4)cc3)CCC2)ccc1O. The van der Waals surface area contributed by atoms with E-state index in [1.54, 1.807) is 31.5 Å². The summed E-state index contributed by atoms with van der Waals surface area (Å²) >= 11 is 0. The second-order valence-electron chi connectivity index (χ2n) is 7.65. The highest BCUT2D eigenvalue weighted by molar-refractivity contribution is 6.06. The molecule has 1 aliphatic carbocycles. The highest BCUT2D eigenvalue weighted by Crippen LogP contribution is 2.44. The number of aliphatic imine (C=N–C) groups is 1. The number of phenols is 1. The molecule has 1 heterocycles. The van der Waals surface area contributed by atoms with Crippen molar-refractivity contribution in [2.45, 2.75) is 31.6 Å². The van der Waals surface area contributed by atoms with Crippen molar-refractivity contribution in [3.8, 4) is 16.9 Å². The summed E-state index contributed by atoms with van der Waals surface area (Å²) < 4.78 is 0. The predicted octanol–water partition coefficient (Wildman–Crippen LogP) is 3.36. The summed E-state index contributed by atoms with van der Waals surface area (Å²) in [4.78, 5) is 24.9. The Morgan fingerprint density at radius 2 is 1.73 bits per heavy atom. The number of carbonyl (C=O) groups is 1. The van der Waals surface area contributed by atoms with Gasteiger partial charge >= 0.3 is 0 Å². The van der Waals surface area contributed by atoms with Crippen LogP contribution in [-0.4, -0.2) is 26.8 Å². The van der Waals surface area contributed by atoms with Gasteiger partial charge in [0.25, 0.3) is 5.91 Å². The number of rotatable bonds is 4. The molecule has 0 saturated heterocycles. The molecule has 5 N–H and O–H groups in total. The number of amidine groups is 1. The molecule has 0 atom stereocenters. The van der Waals surface area contributed by atoms with Gasteiger partial charge in [-0.3, -0.25) is 4.79 Å². The average molecular weight is 401 g/mol. The fraction of sp³-hybridized carbons (Fsp3) is 0.217. The molecule has 4 rings (SSSR count). The van der Waals surface area contributed by atoms with Crippen molar-refractivity contribution < 1.29 is 9.90 Å². The number of anilines is 1. The number of hydrogen-bond acceptors (Lipinski definition) is 5. The zero-order valence-corrected chi connectivity index (χ0v) is 16.7. The molecule has 7 heteroatoms. The fourth-order valence-electron chi connectivity index (χ4n) is 3.76. The minimum atomic E-state index is -0.433. The van der Waals surface area contributed by atoms with Gasteiger partial charge < -0.3 is 16.6 Å². The van der Waals surface area contributed by atoms with Crippen molar-refractivity contribution in [3.05, 3.63) is 71.5 Å². The van der Waals surface area contributed by atoms with E-state index in [0.717, 1.165) is 36.0 Å². The molecule has 1 fully saturated rings. The van der Waals surface area contributed by atoms with Crippen molar-refractivity contribution in [2.24, 2.45) is 10.7 Å². The minimum Gasteiger partial charge on any atom is -0.508 e. The standard InChI is InChI=1S/C23H23N5O2/c1-14-11-16(5-8-19(14)29)20(30)28-21(24)23(9-2-10-23)18-6-3-15(4-7-18)17-12-26-22(25)27-13-17/h3-8,11-13,29H,2,9-10H2,1H3,(H2,24,28,30)(H2,25,26,27). The normalized spacial score (nSPS) is 15.4. The van der Waals surface area contributed by atoms with Crippen LogP contribution >= 0.6 is 0 Å². The van der Waals surface area contributed by atoms with Gasteiger partial charge in [-0.25, -0.2) is 9.97 Å². The zero-order chi connectivity index (χ0) is 21.3. The Balaban J connectivity index is 1.61. The summed E-state index contributed by atoms with van der Waals surface area (Å²) in [6.45, 7) is 1.74. The lowest BCUT2D eigenvalue weighted by atomic mass is 9.63. The molecule has 1 aromatic heterocycles. The van der Waals surface area contributed by atoms with Crippen LogP contribution in [0.2, 0.25) is 0 Å². The third-order valence-corrected chi connectivity index (χ3v) is 5.81. The van der Waals surface area contributed by atoms with E-state index >= 15 is 0 Å². The summed E-state index contributed by atoms with van der Waals surface area (Å²) in [5.41, 5.74) is 15.4. The second-order valence-corrected chi connectivity index (χ2v) is 7.65. The van der Waals surface area contributed by atoms with Crippen molar-refractivity contribution >= 4 is 17.7 Å². The number of carbonyl (C=O) groups excluding carboxylic acids is 1. The van der Waals surface area contributed by atoms with Gasteiger partial charge in [0.15, 0.2) is 0 Å². The van der Waals surface area contributed by atoms with Crippen LogP contribution in [0.1, 0.15) is 40.7 Å². The maximum atomic E-state index is 12.6. The van der Waals surface area contributed by atoms with Gasteiger partial charge in [-0.1, -0.05) is 30.7 Å². The van der Waals surface area contributed by atoms with E-state index in [1.807, 2.05) is 24.3 Å². The number of aromatic hydroxyl groups is 1. The van der Waals surface area contributed by atoms with Crippen molar-refractivity contribution in [3.63, 3.8) is 0 Å². The zero-order valence-electron chi connectivity index (χ0n) is 16.7. The lowest BCUT2D eigenvalue weighted by molar-refractivity contribution is 0.100. The largest absolute Gasteiger partial charge is 0.508 e. The first-order valence-corrected chi connectivity index (χ1v) is 9.76. The number of benzene rings is 2. The van der Waals surface area contributed by atoms with Gasteiger partial charge in [-0.15, -0.1) is 0 Å². The summed E-state index contributed by atoms with van der Waals surface area (Å²) in [7, 11) is 0. The number of aryl methyl sites for hydroxylation is 1. The Kier molecular flexibility index (Phi) is 4.95. The van der Waals surface area contributed by atoms with Crippen LogP contribution in [0.4, 0.5) is 5.95 Å². The molecule has 0 spiro atoms. The average Bonchev–Trinajstić information content (AvgIpc) is 2.70. The fourth-order valence-corrected chi connectivity index (χ4v) is 3.76. The number of nitrogens with zero attached hydrogens (tertiary/aromatic N) is 3. The highest BCUT2D eigenvalue weighted by atomic mass is 16.3. The van der Waals surface area contributed by atoms with E-state index in [0.29, 0.717) is 17.0 Å². The van der Waals surface area contributed by atoms with E-state index in [1.165, 1.54) is 6.07 Å². The summed E-state index contributed by atoms with van der Waals surface area (Å²) in [6.07, 6.45) is 6.08. The lowest BCUT2D eigenvalue weighted by Crippen LogP contribution is -2.47. The van der Waals surface area contributed by atoms with Crippen LogP contribution < -0.4 is 11.5 Å². The highest BCUT2D eigenvalue weighted by Gasteiger charge is 2.42. The Labute approximate surface area is 174 Å². The first kappa shape index (κ1) is 19.6. The first-order chi connectivity index (χ1) is 14.4. The van der Waals surface area contributed by atoms with E-state index in [9.17, 15) is 9.90 Å². The molecule has 0 bridgehead atoms. The summed E-state index contributed by atoms with van der Waals surface area (Å²) in [5, 5.41) is 9.66. The van der Waals surface area contributed by atoms with Crippen molar-refractivity contribution in [1.29, 1.82) is 0 Å². The molecule has 7 nitrogen and oxygen atoms in total. The smallest absolute Gasteiger partial charge is 0.278 e. The Hall–Kier alpha value is -3.74. The van der Waals surface area contributed by atoms with Gasteiger partial charge in [-0.2, -0.15) is 4.99 Å². The Morgan fingerprint density at radius 1 is 1.07 bits per heavy atom. The third-order valence-electron chi connectivity index (χ3n) is 5.81. The van der Waals surface area contributed by atoms with Crippen molar-refractivity contribution in [1.82, 2.24) is 9.97 Å². The molecule has 1 amide bonds. The number of nitrogen functional groups attached to an aromatic ring is 1. The van der Waals surface area contributed by atoms with Gasteiger partial charge in [0.05, 0.1) is 5.41 Å². The van der Waals surface area contributed by atoms with E-state index in [-0.39, 0.29) is 11.7 Å². The molecule has 152 valence electrons. The van der Waals surface area contributed by atoms with Crippen molar-refractivity contribution in [2.75, 3.05) is 5.73 Å². The molecule has 0 unspecified atom stereocenters. The van der Waals surface area contributed by atoms with Gasteiger partial charge in [0.1, 0.15) is 11.6 Å². The predicted molar refractivity (Wildman–Crippen MR) is 116 cm³/mol. The van der Waals surface area contributed by atoms with Crippen LogP contribution in [-0.2, 0) is 5.41 Å². The quantitative estimate of drug-likeness (QED) is 0.454. The Bertz CT molecular complexity index is 1120. The van der Waals surface area contributed by atoms with Gasteiger partial charge in [-0.05, 0) is 54.7 Å². The summed E-state index contributed by atoms with van der Waals surface area (Å²) in [6, 6.07) is 12.7. The topological polar surface area (TPSA) is 127 Å². The molecule has 1 aliphatic rings. The summed E-state index contributed by atoms with van der Waals surface area (Å²) in [5.74, 6) is 0.303. The minimum absolute atomic E-state index is 0.144. The molecule has 3 aromatic rings. The molecular weight excluding hydrogens is 378 g/mol. The maximum absolute atomic E-state index is 12.6. The van der Waals surface area contributed by atoms with Crippen LogP contribution in [0.15, 0.2) is 59.9 Å². The van der Waals surface area contributed by atoms with E-state index < -0.39 is 11.3 Å². The Morgan fingerprint density at radius 3 is 2.30 bits per heavy atom. The van der Waals surface area contributed by atoms with Crippen LogP contribution in [0.5, 0.6) is 5.75 Å². The van der Waals surface area contributed by atoms with Crippen LogP contribution in [0, 0.1) is 6.92 Å².